The highest BCUT2D eigenvalue weighted by Crippen LogP contribution is 2.24. The van der Waals surface area contributed by atoms with Gasteiger partial charge in [0.15, 0.2) is 0 Å². The van der Waals surface area contributed by atoms with E-state index in [1.54, 1.807) is 0 Å². The maximum atomic E-state index is 5.72. The van der Waals surface area contributed by atoms with E-state index in [1.165, 1.54) is 10.4 Å². The van der Waals surface area contributed by atoms with Gasteiger partial charge in [-0.1, -0.05) is 6.92 Å². The number of rotatable bonds is 7. The summed E-state index contributed by atoms with van der Waals surface area (Å²) in [5.41, 5.74) is 1.37. The van der Waals surface area contributed by atoms with Gasteiger partial charge in [-0.15, -0.1) is 11.3 Å². The van der Waals surface area contributed by atoms with Crippen LogP contribution in [0.15, 0.2) is 11.4 Å². The van der Waals surface area contributed by atoms with Crippen molar-refractivity contribution in [3.05, 3.63) is 21.9 Å². The molecule has 1 heterocycles. The summed E-state index contributed by atoms with van der Waals surface area (Å²) in [4.78, 5) is 1.41. The number of hydrogen-bond acceptors (Lipinski definition) is 3. The standard InChI is InChI=1S/C13H23NOS/c1-5-7-14-12(9-15-10(2)3)13-11(4)6-8-16-13/h6,8,10,12,14H,5,7,9H2,1-4H3. The maximum absolute atomic E-state index is 5.72. The molecule has 0 aliphatic rings. The van der Waals surface area contributed by atoms with Gasteiger partial charge in [0.05, 0.1) is 18.8 Å². The first kappa shape index (κ1) is 13.7. The van der Waals surface area contributed by atoms with Gasteiger partial charge >= 0.3 is 0 Å². The number of nitrogens with one attached hydrogen (secondary N) is 1. The highest BCUT2D eigenvalue weighted by molar-refractivity contribution is 7.10. The van der Waals surface area contributed by atoms with Crippen LogP contribution < -0.4 is 5.32 Å². The largest absolute Gasteiger partial charge is 0.377 e. The molecule has 0 spiro atoms. The van der Waals surface area contributed by atoms with Gasteiger partial charge in [0, 0.05) is 4.88 Å². The van der Waals surface area contributed by atoms with Crippen LogP contribution in [-0.4, -0.2) is 19.3 Å². The van der Waals surface area contributed by atoms with Gasteiger partial charge in [-0.3, -0.25) is 0 Å². The van der Waals surface area contributed by atoms with Crippen LogP contribution >= 0.6 is 11.3 Å². The Kier molecular flexibility index (Phi) is 6.03. The van der Waals surface area contributed by atoms with Crippen molar-refractivity contribution in [2.24, 2.45) is 0 Å². The molecule has 0 bridgehead atoms. The zero-order valence-corrected chi connectivity index (χ0v) is 11.6. The van der Waals surface area contributed by atoms with E-state index in [-0.39, 0.29) is 0 Å². The topological polar surface area (TPSA) is 21.3 Å². The third-order valence-corrected chi connectivity index (χ3v) is 3.59. The SMILES string of the molecule is CCCNC(COC(C)C)c1sccc1C. The van der Waals surface area contributed by atoms with E-state index in [9.17, 15) is 0 Å². The fourth-order valence-corrected chi connectivity index (χ4v) is 2.56. The Bertz CT molecular complexity index is 296. The van der Waals surface area contributed by atoms with Crippen LogP contribution in [0.1, 0.15) is 43.7 Å². The van der Waals surface area contributed by atoms with Crippen LogP contribution in [0.4, 0.5) is 0 Å². The summed E-state index contributed by atoms with van der Waals surface area (Å²) in [7, 11) is 0. The second-order valence-electron chi connectivity index (χ2n) is 4.36. The highest BCUT2D eigenvalue weighted by Gasteiger charge is 2.15. The summed E-state index contributed by atoms with van der Waals surface area (Å²) in [6.07, 6.45) is 1.45. The number of thiophene rings is 1. The summed E-state index contributed by atoms with van der Waals surface area (Å²) >= 11 is 1.82. The van der Waals surface area contributed by atoms with Crippen molar-refractivity contribution in [2.75, 3.05) is 13.2 Å². The molecular weight excluding hydrogens is 218 g/mol. The summed E-state index contributed by atoms with van der Waals surface area (Å²) in [6.45, 7) is 10.3. The first-order chi connectivity index (χ1) is 7.65. The molecule has 1 atom stereocenters. The van der Waals surface area contributed by atoms with E-state index in [0.29, 0.717) is 12.1 Å². The van der Waals surface area contributed by atoms with Crippen molar-refractivity contribution < 1.29 is 4.74 Å². The monoisotopic (exact) mass is 241 g/mol. The Morgan fingerprint density at radius 1 is 1.44 bits per heavy atom. The minimum absolute atomic E-state index is 0.297. The maximum Gasteiger partial charge on any atom is 0.0673 e. The molecule has 0 aliphatic carbocycles. The van der Waals surface area contributed by atoms with Crippen molar-refractivity contribution in [3.8, 4) is 0 Å². The van der Waals surface area contributed by atoms with Crippen LogP contribution in [0, 0.1) is 6.92 Å². The summed E-state index contributed by atoms with van der Waals surface area (Å²) < 4.78 is 5.72. The van der Waals surface area contributed by atoms with E-state index in [2.05, 4.69) is 44.5 Å². The lowest BCUT2D eigenvalue weighted by Gasteiger charge is -2.19. The number of aryl methyl sites for hydroxylation is 1. The van der Waals surface area contributed by atoms with Crippen LogP contribution in [0.5, 0.6) is 0 Å². The zero-order chi connectivity index (χ0) is 12.0. The quantitative estimate of drug-likeness (QED) is 0.788. The molecule has 0 saturated heterocycles. The van der Waals surface area contributed by atoms with Crippen molar-refractivity contribution >= 4 is 11.3 Å². The van der Waals surface area contributed by atoms with Crippen molar-refractivity contribution in [1.82, 2.24) is 5.32 Å². The highest BCUT2D eigenvalue weighted by atomic mass is 32.1. The predicted octanol–water partition coefficient (Wildman–Crippen LogP) is 3.52. The minimum Gasteiger partial charge on any atom is -0.377 e. The minimum atomic E-state index is 0.297. The van der Waals surface area contributed by atoms with E-state index < -0.39 is 0 Å². The lowest BCUT2D eigenvalue weighted by Crippen LogP contribution is -2.27. The van der Waals surface area contributed by atoms with Gasteiger partial charge in [0.2, 0.25) is 0 Å². The average molecular weight is 241 g/mol. The Hall–Kier alpha value is -0.380. The molecule has 0 saturated carbocycles. The van der Waals surface area contributed by atoms with E-state index in [1.807, 2.05) is 11.3 Å². The third kappa shape index (κ3) is 4.24. The first-order valence-corrected chi connectivity index (χ1v) is 6.92. The second-order valence-corrected chi connectivity index (χ2v) is 5.30. The zero-order valence-electron chi connectivity index (χ0n) is 10.7. The smallest absolute Gasteiger partial charge is 0.0673 e. The molecular formula is C13H23NOS. The fraction of sp³-hybridized carbons (Fsp3) is 0.692. The molecule has 0 amide bonds. The van der Waals surface area contributed by atoms with Crippen molar-refractivity contribution in [1.29, 1.82) is 0 Å². The molecule has 2 nitrogen and oxygen atoms in total. The lowest BCUT2D eigenvalue weighted by molar-refractivity contribution is 0.0617. The van der Waals surface area contributed by atoms with Gasteiger partial charge in [-0.25, -0.2) is 0 Å². The molecule has 0 aromatic carbocycles. The van der Waals surface area contributed by atoms with Crippen molar-refractivity contribution in [3.63, 3.8) is 0 Å². The molecule has 1 aromatic rings. The van der Waals surface area contributed by atoms with E-state index in [4.69, 9.17) is 4.74 Å². The Morgan fingerprint density at radius 2 is 2.19 bits per heavy atom. The molecule has 1 unspecified atom stereocenters. The first-order valence-electron chi connectivity index (χ1n) is 6.04. The Morgan fingerprint density at radius 3 is 2.69 bits per heavy atom. The van der Waals surface area contributed by atoms with Crippen molar-refractivity contribution in [2.45, 2.75) is 46.3 Å². The van der Waals surface area contributed by atoms with Crippen LogP contribution in [0.2, 0.25) is 0 Å². The number of ether oxygens (including phenoxy) is 1. The predicted molar refractivity (Wildman–Crippen MR) is 71.2 cm³/mol. The molecule has 1 N–H and O–H groups in total. The summed E-state index contributed by atoms with van der Waals surface area (Å²) in [5.74, 6) is 0. The lowest BCUT2D eigenvalue weighted by atomic mass is 10.1. The summed E-state index contributed by atoms with van der Waals surface area (Å²) in [6, 6.07) is 2.53. The third-order valence-electron chi connectivity index (χ3n) is 2.46. The van der Waals surface area contributed by atoms with E-state index in [0.717, 1.165) is 19.6 Å². The normalized spacial score (nSPS) is 13.3. The number of hydrogen-bond donors (Lipinski definition) is 1. The van der Waals surface area contributed by atoms with Crippen LogP contribution in [0.3, 0.4) is 0 Å². The molecule has 1 rings (SSSR count). The molecule has 0 aliphatic heterocycles. The molecule has 0 radical (unpaired) electrons. The van der Waals surface area contributed by atoms with Crippen LogP contribution in [-0.2, 0) is 4.74 Å². The second kappa shape index (κ2) is 7.05. The molecule has 1 aromatic heterocycles. The van der Waals surface area contributed by atoms with Gasteiger partial charge < -0.3 is 10.1 Å². The molecule has 16 heavy (non-hydrogen) atoms. The van der Waals surface area contributed by atoms with Crippen LogP contribution in [0.25, 0.3) is 0 Å². The molecule has 3 heteroatoms. The van der Waals surface area contributed by atoms with Gasteiger partial charge in [0.1, 0.15) is 0 Å². The Labute approximate surface area is 103 Å². The van der Waals surface area contributed by atoms with E-state index >= 15 is 0 Å². The van der Waals surface area contributed by atoms with Gasteiger partial charge in [-0.05, 0) is 50.7 Å². The summed E-state index contributed by atoms with van der Waals surface area (Å²) in [5, 5.41) is 5.71. The van der Waals surface area contributed by atoms with Gasteiger partial charge in [-0.2, -0.15) is 0 Å². The molecule has 0 fully saturated rings. The Balaban J connectivity index is 2.60. The average Bonchev–Trinajstić information content (AvgIpc) is 2.65. The molecule has 92 valence electrons. The van der Waals surface area contributed by atoms with Gasteiger partial charge in [0.25, 0.3) is 0 Å². The fourth-order valence-electron chi connectivity index (χ4n) is 1.58.